The molecule has 0 aliphatic rings. The number of nitrogens with one attached hydrogen (secondary N) is 1. The van der Waals surface area contributed by atoms with Crippen molar-refractivity contribution < 1.29 is 9.90 Å². The van der Waals surface area contributed by atoms with Crippen molar-refractivity contribution in [3.8, 4) is 0 Å². The molecule has 0 rings (SSSR count). The van der Waals surface area contributed by atoms with Gasteiger partial charge in [0.05, 0.1) is 12.1 Å². The van der Waals surface area contributed by atoms with Crippen LogP contribution in [0.25, 0.3) is 0 Å². The predicted octanol–water partition coefficient (Wildman–Crippen LogP) is 0.282. The fourth-order valence-electron chi connectivity index (χ4n) is 0.770. The van der Waals surface area contributed by atoms with Crippen LogP contribution in [-0.2, 0) is 4.79 Å². The zero-order valence-corrected chi connectivity index (χ0v) is 6.72. The van der Waals surface area contributed by atoms with Gasteiger partial charge in [-0.05, 0) is 13.3 Å². The van der Waals surface area contributed by atoms with Crippen LogP contribution in [0.4, 0.5) is 0 Å². The summed E-state index contributed by atoms with van der Waals surface area (Å²) in [4.78, 5) is 10.5. The molecule has 0 aromatic rings. The van der Waals surface area contributed by atoms with Crippen LogP contribution in [0, 0.1) is 0 Å². The lowest BCUT2D eigenvalue weighted by Gasteiger charge is -2.17. The van der Waals surface area contributed by atoms with Gasteiger partial charge in [0.1, 0.15) is 0 Å². The molecule has 0 aromatic heterocycles. The Morgan fingerprint density at radius 2 is 2.20 bits per heavy atom. The lowest BCUT2D eigenvalue weighted by Crippen LogP contribution is -2.39. The maximum absolute atomic E-state index is 10.5. The number of amides is 1. The van der Waals surface area contributed by atoms with Crippen molar-refractivity contribution >= 4 is 5.91 Å². The summed E-state index contributed by atoms with van der Waals surface area (Å²) in [6.45, 7) is 5.11. The minimum Gasteiger partial charge on any atom is -0.391 e. The summed E-state index contributed by atoms with van der Waals surface area (Å²) in [7, 11) is 0. The summed E-state index contributed by atoms with van der Waals surface area (Å²) in [5.41, 5.74) is 0. The van der Waals surface area contributed by atoms with E-state index in [0.717, 1.165) is 0 Å². The first kappa shape index (κ1) is 9.43. The van der Waals surface area contributed by atoms with E-state index in [1.165, 1.54) is 6.92 Å². The smallest absolute Gasteiger partial charge is 0.217 e. The summed E-state index contributed by atoms with van der Waals surface area (Å²) in [6, 6.07) is -0.137. The Morgan fingerprint density at radius 3 is 2.50 bits per heavy atom. The number of carbonyl (C=O) groups is 1. The van der Waals surface area contributed by atoms with E-state index in [2.05, 4.69) is 5.32 Å². The van der Waals surface area contributed by atoms with E-state index in [9.17, 15) is 4.79 Å². The fraction of sp³-hybridized carbons (Fsp3) is 0.857. The van der Waals surface area contributed by atoms with Gasteiger partial charge in [-0.3, -0.25) is 4.79 Å². The van der Waals surface area contributed by atoms with Gasteiger partial charge in [0.25, 0.3) is 0 Å². The minimum atomic E-state index is -0.427. The molecule has 10 heavy (non-hydrogen) atoms. The summed E-state index contributed by atoms with van der Waals surface area (Å²) in [5, 5.41) is 11.8. The molecule has 0 saturated heterocycles. The van der Waals surface area contributed by atoms with Crippen molar-refractivity contribution in [2.24, 2.45) is 0 Å². The molecular weight excluding hydrogens is 130 g/mol. The maximum Gasteiger partial charge on any atom is 0.217 e. The van der Waals surface area contributed by atoms with Crippen molar-refractivity contribution in [2.75, 3.05) is 0 Å². The monoisotopic (exact) mass is 145 g/mol. The number of rotatable bonds is 3. The average molecular weight is 145 g/mol. The van der Waals surface area contributed by atoms with E-state index in [1.807, 2.05) is 6.92 Å². The summed E-state index contributed by atoms with van der Waals surface area (Å²) < 4.78 is 0. The molecule has 3 heteroatoms. The Bertz CT molecular complexity index is 114. The fourth-order valence-corrected chi connectivity index (χ4v) is 0.770. The second kappa shape index (κ2) is 4.28. The lowest BCUT2D eigenvalue weighted by atomic mass is 10.1. The van der Waals surface area contributed by atoms with Crippen molar-refractivity contribution in [2.45, 2.75) is 39.3 Å². The molecule has 0 radical (unpaired) electrons. The van der Waals surface area contributed by atoms with Crippen LogP contribution in [0.5, 0.6) is 0 Å². The number of aliphatic hydroxyl groups is 1. The summed E-state index contributed by atoms with van der Waals surface area (Å²) in [5.74, 6) is -0.0972. The highest BCUT2D eigenvalue weighted by Crippen LogP contribution is 1.96. The topological polar surface area (TPSA) is 49.3 Å². The van der Waals surface area contributed by atoms with Gasteiger partial charge in [0.15, 0.2) is 0 Å². The Morgan fingerprint density at radius 1 is 1.70 bits per heavy atom. The molecule has 60 valence electrons. The molecule has 2 N–H and O–H groups in total. The van der Waals surface area contributed by atoms with Crippen molar-refractivity contribution in [1.82, 2.24) is 5.32 Å². The van der Waals surface area contributed by atoms with E-state index in [0.29, 0.717) is 6.42 Å². The van der Waals surface area contributed by atoms with E-state index < -0.39 is 6.10 Å². The maximum atomic E-state index is 10.5. The Balaban J connectivity index is 3.61. The number of hydrogen-bond acceptors (Lipinski definition) is 2. The third-order valence-electron chi connectivity index (χ3n) is 1.43. The molecule has 0 aliphatic heterocycles. The van der Waals surface area contributed by atoms with Gasteiger partial charge in [0.2, 0.25) is 5.91 Å². The van der Waals surface area contributed by atoms with Crippen molar-refractivity contribution in [3.05, 3.63) is 0 Å². The van der Waals surface area contributed by atoms with Crippen LogP contribution in [0.1, 0.15) is 27.2 Å². The first-order valence-electron chi connectivity index (χ1n) is 3.53. The molecule has 0 aromatic carbocycles. The molecule has 2 atom stereocenters. The van der Waals surface area contributed by atoms with E-state index in [4.69, 9.17) is 5.11 Å². The lowest BCUT2D eigenvalue weighted by molar-refractivity contribution is -0.120. The largest absolute Gasteiger partial charge is 0.391 e. The molecule has 0 spiro atoms. The molecule has 2 unspecified atom stereocenters. The van der Waals surface area contributed by atoms with Gasteiger partial charge in [-0.1, -0.05) is 6.92 Å². The Kier molecular flexibility index (Phi) is 4.03. The molecular formula is C7H15NO2. The third-order valence-corrected chi connectivity index (χ3v) is 1.43. The summed E-state index contributed by atoms with van der Waals surface area (Å²) >= 11 is 0. The molecule has 0 fully saturated rings. The quantitative estimate of drug-likeness (QED) is 0.599. The van der Waals surface area contributed by atoms with Crippen molar-refractivity contribution in [3.63, 3.8) is 0 Å². The van der Waals surface area contributed by atoms with Crippen molar-refractivity contribution in [1.29, 1.82) is 0 Å². The van der Waals surface area contributed by atoms with Crippen LogP contribution in [0.15, 0.2) is 0 Å². The molecule has 0 heterocycles. The van der Waals surface area contributed by atoms with Crippen LogP contribution < -0.4 is 5.32 Å². The number of hydrogen-bond donors (Lipinski definition) is 2. The SMILES string of the molecule is CCC(O)C(C)NC(C)=O. The van der Waals surface area contributed by atoms with Gasteiger partial charge in [0, 0.05) is 6.92 Å². The van der Waals surface area contributed by atoms with Gasteiger partial charge in [-0.25, -0.2) is 0 Å². The second-order valence-electron chi connectivity index (χ2n) is 2.46. The van der Waals surface area contributed by atoms with Crippen LogP contribution >= 0.6 is 0 Å². The predicted molar refractivity (Wildman–Crippen MR) is 39.6 cm³/mol. The highest BCUT2D eigenvalue weighted by atomic mass is 16.3. The molecule has 0 bridgehead atoms. The van der Waals surface area contributed by atoms with Gasteiger partial charge >= 0.3 is 0 Å². The van der Waals surface area contributed by atoms with E-state index in [1.54, 1.807) is 6.92 Å². The van der Waals surface area contributed by atoms with E-state index >= 15 is 0 Å². The third kappa shape index (κ3) is 3.45. The van der Waals surface area contributed by atoms with E-state index in [-0.39, 0.29) is 11.9 Å². The normalized spacial score (nSPS) is 16.0. The zero-order chi connectivity index (χ0) is 8.15. The molecule has 0 aliphatic carbocycles. The standard InChI is InChI=1S/C7H15NO2/c1-4-7(10)5(2)8-6(3)9/h5,7,10H,4H2,1-3H3,(H,8,9). The van der Waals surface area contributed by atoms with Gasteiger partial charge in [-0.15, -0.1) is 0 Å². The minimum absolute atomic E-state index is 0.0972. The number of carbonyl (C=O) groups excluding carboxylic acids is 1. The van der Waals surface area contributed by atoms with Crippen LogP contribution in [-0.4, -0.2) is 23.2 Å². The Labute approximate surface area is 61.4 Å². The zero-order valence-electron chi connectivity index (χ0n) is 6.72. The average Bonchev–Trinajstić information content (AvgIpc) is 1.85. The molecule has 1 amide bonds. The highest BCUT2D eigenvalue weighted by molar-refractivity contribution is 5.73. The highest BCUT2D eigenvalue weighted by Gasteiger charge is 2.11. The first-order valence-corrected chi connectivity index (χ1v) is 3.53. The molecule has 3 nitrogen and oxygen atoms in total. The van der Waals surface area contributed by atoms with Crippen LogP contribution in [0.3, 0.4) is 0 Å². The summed E-state index contributed by atoms with van der Waals surface area (Å²) in [6.07, 6.45) is 0.241. The first-order chi connectivity index (χ1) is 4.57. The van der Waals surface area contributed by atoms with Gasteiger partial charge < -0.3 is 10.4 Å². The second-order valence-corrected chi connectivity index (χ2v) is 2.46. The van der Waals surface area contributed by atoms with Gasteiger partial charge in [-0.2, -0.15) is 0 Å². The Hall–Kier alpha value is -0.570. The number of aliphatic hydroxyl groups excluding tert-OH is 1. The van der Waals surface area contributed by atoms with Crippen LogP contribution in [0.2, 0.25) is 0 Å². The molecule has 0 saturated carbocycles.